The maximum Gasteiger partial charge on any atom is 0.303 e. The number of aliphatic hydroxyl groups is 2. The Labute approximate surface area is 178 Å². The Bertz CT molecular complexity index is 507. The maximum atomic E-state index is 10.7. The Balaban J connectivity index is 2.65. The van der Waals surface area contributed by atoms with Crippen LogP contribution in [-0.2, 0) is 4.79 Å². The molecule has 0 aromatic carbocycles. The van der Waals surface area contributed by atoms with Crippen LogP contribution >= 0.6 is 0 Å². The lowest BCUT2D eigenvalue weighted by molar-refractivity contribution is -0.226. The van der Waals surface area contributed by atoms with Crippen LogP contribution in [-0.4, -0.2) is 27.1 Å². The van der Waals surface area contributed by atoms with Crippen molar-refractivity contribution < 1.29 is 20.1 Å². The molecule has 3 N–H and O–H groups in total. The highest BCUT2D eigenvalue weighted by Gasteiger charge is 2.42. The van der Waals surface area contributed by atoms with E-state index in [9.17, 15) is 15.0 Å². The number of aliphatic carboxylic acids is 1. The first kappa shape index (κ1) is 26.2. The van der Waals surface area contributed by atoms with E-state index < -0.39 is 11.8 Å². The van der Waals surface area contributed by atoms with E-state index in [0.29, 0.717) is 12.3 Å². The van der Waals surface area contributed by atoms with Gasteiger partial charge in [0.2, 0.25) is 0 Å². The van der Waals surface area contributed by atoms with Gasteiger partial charge in [0, 0.05) is 12.3 Å². The molecule has 0 heterocycles. The summed E-state index contributed by atoms with van der Waals surface area (Å²) in [6, 6.07) is 0. The third-order valence-corrected chi connectivity index (χ3v) is 7.05. The van der Waals surface area contributed by atoms with Gasteiger partial charge in [-0.3, -0.25) is 4.79 Å². The maximum absolute atomic E-state index is 10.7. The molecule has 0 saturated heterocycles. The number of allylic oxidation sites excluding steroid dienone is 2. The minimum atomic E-state index is -1.62. The summed E-state index contributed by atoms with van der Waals surface area (Å²) in [5.74, 6) is -1.84. The van der Waals surface area contributed by atoms with Gasteiger partial charge >= 0.3 is 5.97 Å². The van der Waals surface area contributed by atoms with E-state index >= 15 is 0 Å². The fraction of sp³-hybridized carbons (Fsp3) is 0.880. The number of hydrogen-bond acceptors (Lipinski definition) is 3. The molecule has 0 spiro atoms. The smallest absolute Gasteiger partial charge is 0.303 e. The summed E-state index contributed by atoms with van der Waals surface area (Å²) in [4.78, 5) is 10.6. The monoisotopic (exact) mass is 410 g/mol. The average Bonchev–Trinajstić information content (AvgIpc) is 3.09. The molecule has 4 nitrogen and oxygen atoms in total. The molecule has 1 rings (SSSR count). The number of carboxylic acids is 1. The number of carboxylic acid groups (broad SMARTS) is 1. The second-order valence-electron chi connectivity index (χ2n) is 9.83. The molecule has 0 aliphatic heterocycles. The predicted octanol–water partition coefficient (Wildman–Crippen LogP) is 6.45. The number of hydrogen-bond donors (Lipinski definition) is 3. The van der Waals surface area contributed by atoms with Gasteiger partial charge in [-0.15, -0.1) is 0 Å². The van der Waals surface area contributed by atoms with E-state index in [2.05, 4.69) is 26.8 Å². The first-order valence-corrected chi connectivity index (χ1v) is 12.0. The van der Waals surface area contributed by atoms with Crippen molar-refractivity contribution >= 4 is 5.97 Å². The minimum absolute atomic E-state index is 0.106. The van der Waals surface area contributed by atoms with Crippen molar-refractivity contribution in [2.75, 3.05) is 0 Å². The average molecular weight is 411 g/mol. The van der Waals surface area contributed by atoms with E-state index in [1.54, 1.807) is 0 Å². The first-order chi connectivity index (χ1) is 13.6. The molecule has 0 aromatic rings. The van der Waals surface area contributed by atoms with Gasteiger partial charge in [-0.2, -0.15) is 0 Å². The minimum Gasteiger partial charge on any atom is -0.481 e. The largest absolute Gasteiger partial charge is 0.481 e. The summed E-state index contributed by atoms with van der Waals surface area (Å²) >= 11 is 0. The van der Waals surface area contributed by atoms with Crippen LogP contribution in [0.25, 0.3) is 0 Å². The van der Waals surface area contributed by atoms with E-state index in [4.69, 9.17) is 5.11 Å². The molecule has 170 valence electrons. The molecular weight excluding hydrogens is 364 g/mol. The molecule has 1 aliphatic rings. The Kier molecular flexibility index (Phi) is 11.5. The zero-order valence-corrected chi connectivity index (χ0v) is 19.4. The molecular formula is C25H46O4. The Morgan fingerprint density at radius 3 is 2.45 bits per heavy atom. The zero-order chi connectivity index (χ0) is 21.9. The standard InChI is InChI=1S/C25H46O4/c1-5-7-19-24(3,4)22(25(28,29)6-2)18-17-21-15-12-14-20(21)13-10-8-9-11-16-23(26)27/h17,20,22,28-29H,5-16,18-19H2,1-4H3,(H,26,27)/t20-,22?/m0/s1. The highest BCUT2D eigenvalue weighted by Crippen LogP contribution is 2.43. The van der Waals surface area contributed by atoms with Crippen LogP contribution in [0.5, 0.6) is 0 Å². The van der Waals surface area contributed by atoms with E-state index in [1.165, 1.54) is 24.8 Å². The summed E-state index contributed by atoms with van der Waals surface area (Å²) in [6.07, 6.45) is 15.8. The van der Waals surface area contributed by atoms with Crippen LogP contribution in [0.2, 0.25) is 0 Å². The van der Waals surface area contributed by atoms with Crippen molar-refractivity contribution in [1.82, 2.24) is 0 Å². The molecule has 1 fully saturated rings. The van der Waals surface area contributed by atoms with Crippen LogP contribution in [0, 0.1) is 17.3 Å². The fourth-order valence-electron chi connectivity index (χ4n) is 5.02. The third kappa shape index (κ3) is 9.21. The molecule has 0 amide bonds. The van der Waals surface area contributed by atoms with Crippen molar-refractivity contribution in [2.45, 2.75) is 123 Å². The summed E-state index contributed by atoms with van der Waals surface area (Å²) in [5.41, 5.74) is 1.41. The number of rotatable bonds is 15. The first-order valence-electron chi connectivity index (χ1n) is 12.0. The molecule has 0 aromatic heterocycles. The van der Waals surface area contributed by atoms with Gasteiger partial charge in [0.25, 0.3) is 0 Å². The summed E-state index contributed by atoms with van der Waals surface area (Å²) in [6.45, 7) is 8.42. The van der Waals surface area contributed by atoms with E-state index in [0.717, 1.165) is 57.8 Å². The molecule has 1 aliphatic carbocycles. The predicted molar refractivity (Wildman–Crippen MR) is 120 cm³/mol. The quantitative estimate of drug-likeness (QED) is 0.165. The SMILES string of the molecule is CCCCC(C)(C)C(CC=C1CCC[C@@H]1CCCCCCC(=O)O)C(O)(O)CC. The summed E-state index contributed by atoms with van der Waals surface area (Å²) in [5, 5.41) is 30.1. The van der Waals surface area contributed by atoms with Crippen LogP contribution < -0.4 is 0 Å². The van der Waals surface area contributed by atoms with Gasteiger partial charge in [-0.25, -0.2) is 0 Å². The topological polar surface area (TPSA) is 77.8 Å². The van der Waals surface area contributed by atoms with E-state index in [1.807, 2.05) is 6.92 Å². The van der Waals surface area contributed by atoms with Crippen molar-refractivity contribution in [2.24, 2.45) is 17.3 Å². The van der Waals surface area contributed by atoms with Gasteiger partial charge in [0.05, 0.1) is 0 Å². The van der Waals surface area contributed by atoms with Gasteiger partial charge in [0.15, 0.2) is 5.79 Å². The fourth-order valence-corrected chi connectivity index (χ4v) is 5.02. The molecule has 1 saturated carbocycles. The van der Waals surface area contributed by atoms with Crippen LogP contribution in [0.3, 0.4) is 0 Å². The van der Waals surface area contributed by atoms with Crippen molar-refractivity contribution in [3.05, 3.63) is 11.6 Å². The lowest BCUT2D eigenvalue weighted by Crippen LogP contribution is -2.45. The zero-order valence-electron chi connectivity index (χ0n) is 19.4. The van der Waals surface area contributed by atoms with Crippen LogP contribution in [0.1, 0.15) is 118 Å². The lowest BCUT2D eigenvalue weighted by atomic mass is 9.68. The van der Waals surface area contributed by atoms with Gasteiger partial charge in [0.1, 0.15) is 0 Å². The van der Waals surface area contributed by atoms with E-state index in [-0.39, 0.29) is 17.8 Å². The van der Waals surface area contributed by atoms with Crippen LogP contribution in [0.4, 0.5) is 0 Å². The second kappa shape index (κ2) is 12.7. The van der Waals surface area contributed by atoms with Crippen LogP contribution in [0.15, 0.2) is 11.6 Å². The Hall–Kier alpha value is -0.870. The third-order valence-electron chi connectivity index (χ3n) is 7.05. The van der Waals surface area contributed by atoms with Crippen molar-refractivity contribution in [3.63, 3.8) is 0 Å². The normalized spacial score (nSPS) is 20.3. The Morgan fingerprint density at radius 2 is 1.83 bits per heavy atom. The summed E-state index contributed by atoms with van der Waals surface area (Å²) in [7, 11) is 0. The second-order valence-corrected chi connectivity index (χ2v) is 9.83. The van der Waals surface area contributed by atoms with Gasteiger partial charge in [-0.05, 0) is 62.7 Å². The van der Waals surface area contributed by atoms with Gasteiger partial charge < -0.3 is 15.3 Å². The highest BCUT2D eigenvalue weighted by atomic mass is 16.5. The molecule has 29 heavy (non-hydrogen) atoms. The molecule has 1 unspecified atom stereocenters. The molecule has 2 atom stereocenters. The van der Waals surface area contributed by atoms with Crippen molar-refractivity contribution in [1.29, 1.82) is 0 Å². The number of carbonyl (C=O) groups is 1. The molecule has 4 heteroatoms. The molecule has 0 bridgehead atoms. The highest BCUT2D eigenvalue weighted by molar-refractivity contribution is 5.66. The lowest BCUT2D eigenvalue weighted by Gasteiger charge is -2.42. The van der Waals surface area contributed by atoms with Crippen molar-refractivity contribution in [3.8, 4) is 0 Å². The summed E-state index contributed by atoms with van der Waals surface area (Å²) < 4.78 is 0. The Morgan fingerprint density at radius 1 is 1.14 bits per heavy atom. The number of unbranched alkanes of at least 4 members (excludes halogenated alkanes) is 4. The molecule has 0 radical (unpaired) electrons. The van der Waals surface area contributed by atoms with Gasteiger partial charge in [-0.1, -0.05) is 71.4 Å².